The fourth-order valence-corrected chi connectivity index (χ4v) is 5.09. The van der Waals surface area contributed by atoms with Gasteiger partial charge in [-0.2, -0.15) is 0 Å². The van der Waals surface area contributed by atoms with Crippen LogP contribution in [-0.4, -0.2) is 37.7 Å². The number of carbonyl (C=O) groups is 2. The Morgan fingerprint density at radius 1 is 1.17 bits per heavy atom. The van der Waals surface area contributed by atoms with Crippen molar-refractivity contribution in [2.75, 3.05) is 12.4 Å². The van der Waals surface area contributed by atoms with Gasteiger partial charge in [0.1, 0.15) is 11.8 Å². The molecule has 1 N–H and O–H groups in total. The number of hydrogen-bond donors (Lipinski definition) is 1. The molecule has 0 saturated carbocycles. The summed E-state index contributed by atoms with van der Waals surface area (Å²) in [4.78, 5) is 25.1. The van der Waals surface area contributed by atoms with Crippen LogP contribution < -0.4 is 10.1 Å². The van der Waals surface area contributed by atoms with Crippen molar-refractivity contribution in [2.45, 2.75) is 37.6 Å². The quantitative estimate of drug-likeness (QED) is 0.776. The monoisotopic (exact) mass is 436 g/mol. The van der Waals surface area contributed by atoms with E-state index in [1.807, 2.05) is 6.92 Å². The van der Waals surface area contributed by atoms with Crippen molar-refractivity contribution >= 4 is 39.1 Å². The van der Waals surface area contributed by atoms with Gasteiger partial charge in [0.25, 0.3) is 10.0 Å². The summed E-state index contributed by atoms with van der Waals surface area (Å²) in [7, 11) is -2.71. The van der Waals surface area contributed by atoms with E-state index in [0.717, 1.165) is 5.56 Å². The maximum atomic E-state index is 13.1. The van der Waals surface area contributed by atoms with Gasteiger partial charge in [-0.05, 0) is 61.7 Å². The van der Waals surface area contributed by atoms with Gasteiger partial charge in [0.05, 0.1) is 12.0 Å². The van der Waals surface area contributed by atoms with Gasteiger partial charge in [-0.15, -0.1) is 0 Å². The second-order valence-electron chi connectivity index (χ2n) is 6.83. The van der Waals surface area contributed by atoms with Crippen molar-refractivity contribution in [1.82, 2.24) is 4.31 Å². The first-order valence-corrected chi connectivity index (χ1v) is 10.8. The molecule has 0 bridgehead atoms. The van der Waals surface area contributed by atoms with Crippen LogP contribution in [0.1, 0.15) is 24.0 Å². The number of methoxy groups -OCH3 is 1. The van der Waals surface area contributed by atoms with E-state index in [2.05, 4.69) is 5.32 Å². The summed E-state index contributed by atoms with van der Waals surface area (Å²) in [6, 6.07) is 8.17. The fraction of sp³-hybridized carbons (Fsp3) is 0.300. The van der Waals surface area contributed by atoms with E-state index in [1.165, 1.54) is 25.3 Å². The number of amides is 2. The maximum Gasteiger partial charge on any atom is 0.267 e. The van der Waals surface area contributed by atoms with Crippen LogP contribution in [-0.2, 0) is 19.6 Å². The molecule has 7 nitrogen and oxygen atoms in total. The van der Waals surface area contributed by atoms with Crippen LogP contribution in [0.5, 0.6) is 5.75 Å². The summed E-state index contributed by atoms with van der Waals surface area (Å²) in [6.07, 6.45) is 0.0831. The van der Waals surface area contributed by atoms with Gasteiger partial charge in [0.15, 0.2) is 0 Å². The Morgan fingerprint density at radius 2 is 1.90 bits per heavy atom. The normalized spacial score (nSPS) is 16.8. The fourth-order valence-electron chi connectivity index (χ4n) is 3.22. The highest BCUT2D eigenvalue weighted by Crippen LogP contribution is 2.30. The van der Waals surface area contributed by atoms with E-state index in [-0.39, 0.29) is 17.7 Å². The predicted octanol–water partition coefficient (Wildman–Crippen LogP) is 3.28. The molecule has 0 aromatic heterocycles. The second-order valence-corrected chi connectivity index (χ2v) is 9.06. The minimum absolute atomic E-state index is 0.0267. The molecule has 9 heteroatoms. The summed E-state index contributed by atoms with van der Waals surface area (Å²) in [5.74, 6) is -0.660. The molecule has 1 fully saturated rings. The molecular weight excluding hydrogens is 416 g/mol. The Kier molecular flexibility index (Phi) is 5.86. The first-order valence-electron chi connectivity index (χ1n) is 8.94. The van der Waals surface area contributed by atoms with Crippen molar-refractivity contribution in [3.8, 4) is 5.75 Å². The number of nitrogens with one attached hydrogen (secondary N) is 1. The Bertz CT molecular complexity index is 1080. The molecule has 2 amide bonds. The third-order valence-electron chi connectivity index (χ3n) is 4.83. The number of carbonyl (C=O) groups excluding carboxylic acids is 2. The number of ether oxygens (including phenoxy) is 1. The number of halogens is 1. The molecule has 0 unspecified atom stereocenters. The lowest BCUT2D eigenvalue weighted by molar-refractivity contribution is -0.128. The SMILES string of the molecule is COc1ccc(S(=O)(=O)N2C(=O)CC[C@@H]2C(=O)Nc2ccc(C)c(Cl)c2)cc1C. The van der Waals surface area contributed by atoms with Crippen LogP contribution in [0, 0.1) is 13.8 Å². The minimum Gasteiger partial charge on any atom is -0.496 e. The predicted molar refractivity (Wildman–Crippen MR) is 110 cm³/mol. The van der Waals surface area contributed by atoms with Crippen LogP contribution in [0.3, 0.4) is 0 Å². The Hall–Kier alpha value is -2.58. The Balaban J connectivity index is 1.90. The van der Waals surface area contributed by atoms with Gasteiger partial charge in [-0.25, -0.2) is 12.7 Å². The molecule has 1 aliphatic rings. The summed E-state index contributed by atoms with van der Waals surface area (Å²) >= 11 is 6.08. The average molecular weight is 437 g/mol. The number of rotatable bonds is 5. The molecule has 1 heterocycles. The summed E-state index contributed by atoms with van der Waals surface area (Å²) in [5, 5.41) is 3.13. The van der Waals surface area contributed by atoms with Gasteiger partial charge in [-0.3, -0.25) is 9.59 Å². The third-order valence-corrected chi connectivity index (χ3v) is 7.06. The van der Waals surface area contributed by atoms with Crippen molar-refractivity contribution in [2.24, 2.45) is 0 Å². The first kappa shape index (κ1) is 21.1. The zero-order chi connectivity index (χ0) is 21.3. The van der Waals surface area contributed by atoms with Gasteiger partial charge in [0.2, 0.25) is 11.8 Å². The molecule has 2 aromatic rings. The second kappa shape index (κ2) is 8.04. The van der Waals surface area contributed by atoms with E-state index < -0.39 is 27.9 Å². The number of nitrogens with zero attached hydrogens (tertiary/aromatic N) is 1. The minimum atomic E-state index is -4.20. The highest BCUT2D eigenvalue weighted by Gasteiger charge is 2.44. The van der Waals surface area contributed by atoms with E-state index in [1.54, 1.807) is 25.1 Å². The smallest absolute Gasteiger partial charge is 0.267 e. The van der Waals surface area contributed by atoms with E-state index >= 15 is 0 Å². The summed E-state index contributed by atoms with van der Waals surface area (Å²) in [6.45, 7) is 3.53. The molecule has 29 heavy (non-hydrogen) atoms. The van der Waals surface area contributed by atoms with E-state index in [0.29, 0.717) is 26.3 Å². The van der Waals surface area contributed by atoms with Crippen molar-refractivity contribution in [3.63, 3.8) is 0 Å². The van der Waals surface area contributed by atoms with Crippen molar-refractivity contribution < 1.29 is 22.7 Å². The molecular formula is C20H21ClN2O5S. The maximum absolute atomic E-state index is 13.1. The number of benzene rings is 2. The molecule has 1 saturated heterocycles. The topological polar surface area (TPSA) is 92.8 Å². The summed E-state index contributed by atoms with van der Waals surface area (Å²) < 4.78 is 32.1. The zero-order valence-corrected chi connectivity index (χ0v) is 17.8. The van der Waals surface area contributed by atoms with Crippen molar-refractivity contribution in [3.05, 3.63) is 52.5 Å². The van der Waals surface area contributed by atoms with Crippen LogP contribution in [0.15, 0.2) is 41.3 Å². The molecule has 0 radical (unpaired) electrons. The molecule has 1 atom stereocenters. The van der Waals surface area contributed by atoms with Crippen LogP contribution in [0.2, 0.25) is 5.02 Å². The van der Waals surface area contributed by atoms with Gasteiger partial charge < -0.3 is 10.1 Å². The van der Waals surface area contributed by atoms with E-state index in [4.69, 9.17) is 16.3 Å². The average Bonchev–Trinajstić information content (AvgIpc) is 3.07. The van der Waals surface area contributed by atoms with E-state index in [9.17, 15) is 18.0 Å². The molecule has 0 spiro atoms. The van der Waals surface area contributed by atoms with Crippen LogP contribution in [0.4, 0.5) is 5.69 Å². The highest BCUT2D eigenvalue weighted by molar-refractivity contribution is 7.89. The van der Waals surface area contributed by atoms with Gasteiger partial charge in [0, 0.05) is 17.1 Å². The molecule has 3 rings (SSSR count). The third kappa shape index (κ3) is 4.09. The highest BCUT2D eigenvalue weighted by atomic mass is 35.5. The lowest BCUT2D eigenvalue weighted by atomic mass is 10.2. The molecule has 154 valence electrons. The lowest BCUT2D eigenvalue weighted by Crippen LogP contribution is -2.45. The first-order chi connectivity index (χ1) is 13.6. The number of hydrogen-bond acceptors (Lipinski definition) is 5. The number of sulfonamides is 1. The zero-order valence-electron chi connectivity index (χ0n) is 16.2. The van der Waals surface area contributed by atoms with Gasteiger partial charge in [-0.1, -0.05) is 17.7 Å². The Labute approximate surface area is 174 Å². The number of aryl methyl sites for hydroxylation is 2. The molecule has 2 aromatic carbocycles. The summed E-state index contributed by atoms with van der Waals surface area (Å²) in [5.41, 5.74) is 1.89. The lowest BCUT2D eigenvalue weighted by Gasteiger charge is -2.24. The van der Waals surface area contributed by atoms with Crippen LogP contribution >= 0.6 is 11.6 Å². The molecule has 1 aliphatic heterocycles. The van der Waals surface area contributed by atoms with Crippen LogP contribution in [0.25, 0.3) is 0 Å². The molecule has 0 aliphatic carbocycles. The Morgan fingerprint density at radius 3 is 2.52 bits per heavy atom. The van der Waals surface area contributed by atoms with Gasteiger partial charge >= 0.3 is 0 Å². The number of anilines is 1. The largest absolute Gasteiger partial charge is 0.496 e. The van der Waals surface area contributed by atoms with Crippen molar-refractivity contribution in [1.29, 1.82) is 0 Å². The standard InChI is InChI=1S/C20H21ClN2O5S/c1-12-4-5-14(11-16(12)21)22-20(25)17-7-9-19(24)23(17)29(26,27)15-6-8-18(28-3)13(2)10-15/h4-6,8,10-11,17H,7,9H2,1-3H3,(H,22,25)/t17-/m1/s1.